The predicted octanol–water partition coefficient (Wildman–Crippen LogP) is 4.73. The fourth-order valence-electron chi connectivity index (χ4n) is 3.97. The number of carbonyl (C=O) groups excluding carboxylic acids is 2. The van der Waals surface area contributed by atoms with E-state index < -0.39 is 0 Å². The van der Waals surface area contributed by atoms with Gasteiger partial charge in [-0.1, -0.05) is 19.8 Å². The number of Topliss-reactive ketones (excluding diaryl/α,β-unsaturated/α-hetero) is 1. The van der Waals surface area contributed by atoms with Crippen LogP contribution in [-0.2, 0) is 0 Å². The molecule has 2 N–H and O–H groups in total. The largest absolute Gasteiger partial charge is 0.355 e. The summed E-state index contributed by atoms with van der Waals surface area (Å²) in [6, 6.07) is 9.37. The number of hydrogen-bond acceptors (Lipinski definition) is 5. The summed E-state index contributed by atoms with van der Waals surface area (Å²) in [5, 5.41) is 6.69. The molecule has 0 aliphatic heterocycles. The van der Waals surface area contributed by atoms with Crippen molar-refractivity contribution in [3.05, 3.63) is 47.8 Å². The van der Waals surface area contributed by atoms with Gasteiger partial charge in [0.2, 0.25) is 5.95 Å². The Labute approximate surface area is 172 Å². The van der Waals surface area contributed by atoms with Crippen molar-refractivity contribution < 1.29 is 12.4 Å². The van der Waals surface area contributed by atoms with Gasteiger partial charge in [-0.05, 0) is 43.2 Å². The van der Waals surface area contributed by atoms with Crippen molar-refractivity contribution in [2.75, 3.05) is 12.4 Å². The zero-order valence-electron chi connectivity index (χ0n) is 16.7. The maximum Gasteiger partial charge on any atom is 0.251 e. The van der Waals surface area contributed by atoms with Crippen LogP contribution in [0.1, 0.15) is 68.8 Å². The number of nitrogens with zero attached hydrogens (tertiary/aromatic N) is 3. The van der Waals surface area contributed by atoms with Gasteiger partial charge in [-0.3, -0.25) is 9.59 Å². The second kappa shape index (κ2) is 8.03. The van der Waals surface area contributed by atoms with Crippen molar-refractivity contribution in [1.29, 1.82) is 0 Å². The molecular formula is C22H29N5O2. The molecule has 2 aromatic heterocycles. The van der Waals surface area contributed by atoms with Gasteiger partial charge in [-0.25, -0.2) is 4.98 Å². The van der Waals surface area contributed by atoms with Gasteiger partial charge in [0.1, 0.15) is 5.65 Å². The molecule has 0 saturated heterocycles. The number of ketones is 1. The number of amides is 1. The van der Waals surface area contributed by atoms with Gasteiger partial charge in [-0.2, -0.15) is 4.98 Å². The lowest BCUT2D eigenvalue weighted by Gasteiger charge is -2.16. The Morgan fingerprint density at radius 3 is 2.59 bits per heavy atom. The van der Waals surface area contributed by atoms with Crippen molar-refractivity contribution in [3.63, 3.8) is 0 Å². The number of benzene rings is 1. The van der Waals surface area contributed by atoms with Gasteiger partial charge >= 0.3 is 0 Å². The van der Waals surface area contributed by atoms with Crippen molar-refractivity contribution in [2.45, 2.75) is 45.1 Å². The number of fused-ring (bicyclic) bond motifs is 1. The molecule has 29 heavy (non-hydrogen) atoms. The SMILES string of the molecule is CCC(=O)c1cc2cnc(Nc3ccc(C(=O)NC)cc3)nc2n1C1CCCC1.[HH].[HH]. The summed E-state index contributed by atoms with van der Waals surface area (Å²) in [4.78, 5) is 33.4. The molecule has 154 valence electrons. The average molecular weight is 396 g/mol. The maximum absolute atomic E-state index is 12.5. The number of carbonyl (C=O) groups is 2. The molecule has 1 amide bonds. The highest BCUT2D eigenvalue weighted by molar-refractivity contribution is 5.99. The summed E-state index contributed by atoms with van der Waals surface area (Å²) >= 11 is 0. The highest BCUT2D eigenvalue weighted by atomic mass is 16.1. The Hall–Kier alpha value is -3.22. The average Bonchev–Trinajstić information content (AvgIpc) is 3.40. The summed E-state index contributed by atoms with van der Waals surface area (Å²) < 4.78 is 2.12. The molecule has 3 aromatic rings. The van der Waals surface area contributed by atoms with Crippen LogP contribution in [0.4, 0.5) is 11.6 Å². The summed E-state index contributed by atoms with van der Waals surface area (Å²) in [7, 11) is 1.61. The van der Waals surface area contributed by atoms with Crippen LogP contribution in [0.25, 0.3) is 11.0 Å². The highest BCUT2D eigenvalue weighted by Gasteiger charge is 2.25. The molecule has 0 radical (unpaired) electrons. The molecule has 0 bridgehead atoms. The maximum atomic E-state index is 12.5. The van der Waals surface area contributed by atoms with Crippen LogP contribution in [0.5, 0.6) is 0 Å². The van der Waals surface area contributed by atoms with Gasteiger partial charge in [0.05, 0.1) is 5.69 Å². The van der Waals surface area contributed by atoms with E-state index in [1.807, 2.05) is 25.1 Å². The quantitative estimate of drug-likeness (QED) is 0.589. The highest BCUT2D eigenvalue weighted by Crippen LogP contribution is 2.35. The van der Waals surface area contributed by atoms with Crippen LogP contribution in [0, 0.1) is 0 Å². The molecule has 2 heterocycles. The number of aromatic nitrogens is 3. The standard InChI is InChI=1S/C22H25N5O2.2H2/c1-3-19(28)18-12-15-13-24-22(26-20(15)27(18)17-6-4-5-7-17)25-16-10-8-14(9-11-16)21(29)23-2;;/h8-13,17H,3-7H2,1-2H3,(H,23,29)(H,24,25,26);2*1H. The molecule has 4 rings (SSSR count). The first-order valence-corrected chi connectivity index (χ1v) is 10.1. The van der Waals surface area contributed by atoms with E-state index in [0.29, 0.717) is 24.0 Å². The third-order valence-corrected chi connectivity index (χ3v) is 5.50. The molecule has 0 spiro atoms. The van der Waals surface area contributed by atoms with Crippen LogP contribution in [0.15, 0.2) is 36.5 Å². The van der Waals surface area contributed by atoms with Crippen LogP contribution < -0.4 is 10.6 Å². The van der Waals surface area contributed by atoms with Crippen molar-refractivity contribution in [3.8, 4) is 0 Å². The number of nitrogens with one attached hydrogen (secondary N) is 2. The van der Waals surface area contributed by atoms with E-state index in [4.69, 9.17) is 4.98 Å². The molecule has 1 aliphatic carbocycles. The van der Waals surface area contributed by atoms with Gasteiger partial charge in [0.15, 0.2) is 5.78 Å². The molecule has 1 fully saturated rings. The van der Waals surface area contributed by atoms with Gasteiger partial charge in [0.25, 0.3) is 5.91 Å². The van der Waals surface area contributed by atoms with Crippen LogP contribution >= 0.6 is 0 Å². The van der Waals surface area contributed by atoms with E-state index in [2.05, 4.69) is 20.2 Å². The second-order valence-corrected chi connectivity index (χ2v) is 7.37. The first-order valence-electron chi connectivity index (χ1n) is 10.1. The van der Waals surface area contributed by atoms with Crippen LogP contribution in [-0.4, -0.2) is 33.3 Å². The first-order chi connectivity index (χ1) is 14.1. The summed E-state index contributed by atoms with van der Waals surface area (Å²) in [5.41, 5.74) is 2.91. The zero-order chi connectivity index (χ0) is 20.4. The lowest BCUT2D eigenvalue weighted by atomic mass is 10.2. The molecule has 0 atom stereocenters. The summed E-state index contributed by atoms with van der Waals surface area (Å²) in [6.45, 7) is 1.89. The fourth-order valence-corrected chi connectivity index (χ4v) is 3.97. The Balaban J connectivity index is 0.00000171. The van der Waals surface area contributed by atoms with Crippen LogP contribution in [0.3, 0.4) is 0 Å². The van der Waals surface area contributed by atoms with E-state index in [1.165, 1.54) is 12.8 Å². The minimum atomic E-state index is -0.128. The predicted molar refractivity (Wildman–Crippen MR) is 117 cm³/mol. The third-order valence-electron chi connectivity index (χ3n) is 5.50. The monoisotopic (exact) mass is 395 g/mol. The van der Waals surface area contributed by atoms with Gasteiger partial charge < -0.3 is 15.2 Å². The lowest BCUT2D eigenvalue weighted by Crippen LogP contribution is -2.17. The summed E-state index contributed by atoms with van der Waals surface area (Å²) in [5.74, 6) is 0.476. The number of anilines is 2. The normalized spacial score (nSPS) is 14.3. The molecule has 7 nitrogen and oxygen atoms in total. The zero-order valence-corrected chi connectivity index (χ0v) is 16.7. The second-order valence-electron chi connectivity index (χ2n) is 7.37. The Morgan fingerprint density at radius 2 is 1.93 bits per heavy atom. The van der Waals surface area contributed by atoms with Gasteiger partial charge in [-0.15, -0.1) is 0 Å². The topological polar surface area (TPSA) is 88.9 Å². The third kappa shape index (κ3) is 3.72. The van der Waals surface area contributed by atoms with Crippen LogP contribution in [0.2, 0.25) is 0 Å². The Kier molecular flexibility index (Phi) is 5.29. The minimum Gasteiger partial charge on any atom is -0.355 e. The van der Waals surface area contributed by atoms with E-state index in [0.717, 1.165) is 35.3 Å². The minimum absolute atomic E-state index is 0. The summed E-state index contributed by atoms with van der Waals surface area (Å²) in [6.07, 6.45) is 6.74. The Morgan fingerprint density at radius 1 is 1.21 bits per heavy atom. The van der Waals surface area contributed by atoms with E-state index in [9.17, 15) is 9.59 Å². The van der Waals surface area contributed by atoms with Crippen molar-refractivity contribution >= 4 is 34.4 Å². The fraction of sp³-hybridized carbons (Fsp3) is 0.364. The smallest absolute Gasteiger partial charge is 0.251 e. The first kappa shape index (κ1) is 19.1. The van der Waals surface area contributed by atoms with Gasteiger partial charge in [0, 0.05) is 45.2 Å². The number of hydrogen-bond donors (Lipinski definition) is 2. The molecule has 1 aromatic carbocycles. The molecule has 1 aliphatic rings. The van der Waals surface area contributed by atoms with E-state index in [-0.39, 0.29) is 14.5 Å². The molecule has 0 unspecified atom stereocenters. The van der Waals surface area contributed by atoms with E-state index >= 15 is 0 Å². The van der Waals surface area contributed by atoms with Crippen molar-refractivity contribution in [1.82, 2.24) is 19.9 Å². The molecule has 7 heteroatoms. The van der Waals surface area contributed by atoms with E-state index in [1.54, 1.807) is 25.4 Å². The Bertz CT molecular complexity index is 1060. The lowest BCUT2D eigenvalue weighted by molar-refractivity contribution is 0.0959. The van der Waals surface area contributed by atoms with Crippen molar-refractivity contribution in [2.24, 2.45) is 0 Å². The molecule has 1 saturated carbocycles. The number of rotatable bonds is 6. The molecular weight excluding hydrogens is 366 g/mol.